The summed E-state index contributed by atoms with van der Waals surface area (Å²) in [7, 11) is 0. The number of para-hydroxylation sites is 1. The molecule has 0 atom stereocenters. The van der Waals surface area contributed by atoms with Crippen molar-refractivity contribution in [2.75, 3.05) is 10.6 Å². The summed E-state index contributed by atoms with van der Waals surface area (Å²) in [5.74, 6) is -1.21. The lowest BCUT2D eigenvalue weighted by atomic mass is 10.2. The van der Waals surface area contributed by atoms with Crippen LogP contribution in [-0.2, 0) is 16.1 Å². The SMILES string of the molecule is Cc1c(C(=O)Nc2ccccc2)sc2ncn(CC(=O)Nc3ccc(C(=O)OC(C)C)cc3)c(=O)c12. The lowest BCUT2D eigenvalue weighted by Gasteiger charge is -2.10. The number of benzene rings is 2. The summed E-state index contributed by atoms with van der Waals surface area (Å²) in [4.78, 5) is 55.5. The van der Waals surface area contributed by atoms with E-state index in [1.54, 1.807) is 57.2 Å². The zero-order valence-electron chi connectivity index (χ0n) is 19.9. The smallest absolute Gasteiger partial charge is 0.338 e. The predicted molar refractivity (Wildman–Crippen MR) is 139 cm³/mol. The van der Waals surface area contributed by atoms with Gasteiger partial charge in [-0.05, 0) is 62.7 Å². The lowest BCUT2D eigenvalue weighted by molar-refractivity contribution is -0.116. The van der Waals surface area contributed by atoms with Gasteiger partial charge < -0.3 is 15.4 Å². The topological polar surface area (TPSA) is 119 Å². The molecule has 0 bridgehead atoms. The predicted octanol–water partition coefficient (Wildman–Crippen LogP) is 4.22. The number of rotatable bonds is 7. The first-order chi connectivity index (χ1) is 17.2. The molecule has 0 aliphatic rings. The zero-order valence-corrected chi connectivity index (χ0v) is 20.7. The van der Waals surface area contributed by atoms with Gasteiger partial charge in [0.2, 0.25) is 5.91 Å². The van der Waals surface area contributed by atoms with Crippen LogP contribution in [0.3, 0.4) is 0 Å². The van der Waals surface area contributed by atoms with E-state index >= 15 is 0 Å². The number of hydrogen-bond donors (Lipinski definition) is 2. The number of nitrogens with zero attached hydrogens (tertiary/aromatic N) is 2. The molecule has 0 spiro atoms. The Bertz CT molecular complexity index is 1490. The van der Waals surface area contributed by atoms with Crippen LogP contribution in [0.25, 0.3) is 10.2 Å². The third kappa shape index (κ3) is 5.49. The molecular formula is C26H24N4O5S. The molecule has 2 heterocycles. The second-order valence-electron chi connectivity index (χ2n) is 8.31. The first-order valence-electron chi connectivity index (χ1n) is 11.2. The largest absolute Gasteiger partial charge is 0.459 e. The van der Waals surface area contributed by atoms with E-state index in [-0.39, 0.29) is 18.6 Å². The highest BCUT2D eigenvalue weighted by Gasteiger charge is 2.20. The van der Waals surface area contributed by atoms with Crippen LogP contribution in [0.15, 0.2) is 65.7 Å². The van der Waals surface area contributed by atoms with Crippen LogP contribution >= 0.6 is 11.3 Å². The van der Waals surface area contributed by atoms with Gasteiger partial charge in [0.05, 0.1) is 28.3 Å². The van der Waals surface area contributed by atoms with Crippen LogP contribution in [0.4, 0.5) is 11.4 Å². The van der Waals surface area contributed by atoms with E-state index in [0.29, 0.717) is 37.6 Å². The molecular weight excluding hydrogens is 480 g/mol. The van der Waals surface area contributed by atoms with Crippen LogP contribution < -0.4 is 16.2 Å². The Morgan fingerprint density at radius 1 is 1.00 bits per heavy atom. The number of amides is 2. The van der Waals surface area contributed by atoms with Gasteiger partial charge in [-0.1, -0.05) is 18.2 Å². The first-order valence-corrected chi connectivity index (χ1v) is 12.0. The Labute approximate surface area is 210 Å². The third-order valence-corrected chi connectivity index (χ3v) is 6.41. The van der Waals surface area contributed by atoms with Crippen LogP contribution in [0.1, 0.15) is 39.4 Å². The Kier molecular flexibility index (Phi) is 7.25. The molecule has 2 aromatic heterocycles. The minimum Gasteiger partial charge on any atom is -0.459 e. The summed E-state index contributed by atoms with van der Waals surface area (Å²) >= 11 is 1.13. The normalized spacial score (nSPS) is 10.9. The third-order valence-electron chi connectivity index (χ3n) is 5.22. The summed E-state index contributed by atoms with van der Waals surface area (Å²) in [5.41, 5.74) is 1.59. The maximum Gasteiger partial charge on any atom is 0.338 e. The van der Waals surface area contributed by atoms with E-state index in [1.165, 1.54) is 10.9 Å². The molecule has 2 N–H and O–H groups in total. The quantitative estimate of drug-likeness (QED) is 0.364. The number of fused-ring (bicyclic) bond motifs is 1. The minimum atomic E-state index is -0.447. The highest BCUT2D eigenvalue weighted by atomic mass is 32.1. The summed E-state index contributed by atoms with van der Waals surface area (Å²) in [6.45, 7) is 4.95. The molecule has 0 unspecified atom stereocenters. The molecule has 0 saturated carbocycles. The molecule has 0 fully saturated rings. The molecule has 2 amide bonds. The van der Waals surface area contributed by atoms with E-state index in [0.717, 1.165) is 11.3 Å². The molecule has 184 valence electrons. The van der Waals surface area contributed by atoms with Crippen LogP contribution in [0.2, 0.25) is 0 Å². The number of aryl methyl sites for hydroxylation is 1. The lowest BCUT2D eigenvalue weighted by Crippen LogP contribution is -2.28. The molecule has 2 aromatic carbocycles. The Hall–Kier alpha value is -4.31. The van der Waals surface area contributed by atoms with Crippen molar-refractivity contribution in [3.8, 4) is 0 Å². The van der Waals surface area contributed by atoms with Crippen LogP contribution in [0, 0.1) is 6.92 Å². The standard InChI is InChI=1S/C26H24N4O5S/c1-15(2)35-26(34)17-9-11-19(12-10-17)28-20(31)13-30-14-27-24-21(25(30)33)16(3)22(36-24)23(32)29-18-7-5-4-6-8-18/h4-12,14-15H,13H2,1-3H3,(H,28,31)(H,29,32). The van der Waals surface area contributed by atoms with Gasteiger partial charge >= 0.3 is 5.97 Å². The number of hydrogen-bond acceptors (Lipinski definition) is 7. The van der Waals surface area contributed by atoms with E-state index in [1.807, 2.05) is 18.2 Å². The second-order valence-corrected chi connectivity index (χ2v) is 9.31. The van der Waals surface area contributed by atoms with E-state index < -0.39 is 17.4 Å². The van der Waals surface area contributed by atoms with Crippen molar-refractivity contribution in [1.82, 2.24) is 9.55 Å². The summed E-state index contributed by atoms with van der Waals surface area (Å²) in [5, 5.41) is 5.82. The number of anilines is 2. The maximum absolute atomic E-state index is 13.1. The van der Waals surface area contributed by atoms with E-state index in [2.05, 4.69) is 15.6 Å². The van der Waals surface area contributed by atoms with Crippen LogP contribution in [-0.4, -0.2) is 33.4 Å². The van der Waals surface area contributed by atoms with E-state index in [4.69, 9.17) is 4.74 Å². The summed E-state index contributed by atoms with van der Waals surface area (Å²) < 4.78 is 6.34. The molecule has 4 aromatic rings. The number of carbonyl (C=O) groups excluding carboxylic acids is 3. The molecule has 0 radical (unpaired) electrons. The fraction of sp³-hybridized carbons (Fsp3) is 0.192. The average Bonchev–Trinajstić information content (AvgIpc) is 3.18. The Morgan fingerprint density at radius 2 is 1.67 bits per heavy atom. The summed E-state index contributed by atoms with van der Waals surface area (Å²) in [6, 6.07) is 15.3. The number of thiophene rings is 1. The van der Waals surface area contributed by atoms with Gasteiger partial charge in [0.1, 0.15) is 11.4 Å². The molecule has 10 heteroatoms. The van der Waals surface area contributed by atoms with Crippen molar-refractivity contribution >= 4 is 50.7 Å². The number of esters is 1. The van der Waals surface area contributed by atoms with Gasteiger partial charge in [0.25, 0.3) is 11.5 Å². The average molecular weight is 505 g/mol. The number of carbonyl (C=O) groups is 3. The van der Waals surface area contributed by atoms with Crippen LogP contribution in [0.5, 0.6) is 0 Å². The molecule has 0 aliphatic heterocycles. The van der Waals surface area contributed by atoms with Gasteiger partial charge in [-0.15, -0.1) is 11.3 Å². The Balaban J connectivity index is 1.48. The van der Waals surface area contributed by atoms with Gasteiger partial charge in [-0.25, -0.2) is 9.78 Å². The molecule has 4 rings (SSSR count). The van der Waals surface area contributed by atoms with Gasteiger partial charge in [0.15, 0.2) is 0 Å². The zero-order chi connectivity index (χ0) is 25.8. The van der Waals surface area contributed by atoms with E-state index in [9.17, 15) is 19.2 Å². The number of aromatic nitrogens is 2. The molecule has 9 nitrogen and oxygen atoms in total. The highest BCUT2D eigenvalue weighted by Crippen LogP contribution is 2.27. The van der Waals surface area contributed by atoms with Gasteiger partial charge in [-0.3, -0.25) is 19.0 Å². The number of nitrogens with one attached hydrogen (secondary N) is 2. The summed E-state index contributed by atoms with van der Waals surface area (Å²) in [6.07, 6.45) is 1.06. The molecule has 36 heavy (non-hydrogen) atoms. The van der Waals surface area contributed by atoms with Crippen molar-refractivity contribution < 1.29 is 19.1 Å². The Morgan fingerprint density at radius 3 is 2.33 bits per heavy atom. The van der Waals surface area contributed by atoms with Crippen molar-refractivity contribution in [3.63, 3.8) is 0 Å². The van der Waals surface area contributed by atoms with Gasteiger partial charge in [-0.2, -0.15) is 0 Å². The number of ether oxygens (including phenoxy) is 1. The monoisotopic (exact) mass is 504 g/mol. The van der Waals surface area contributed by atoms with Crippen molar-refractivity contribution in [3.05, 3.63) is 87.3 Å². The first kappa shape index (κ1) is 24.8. The molecule has 0 saturated heterocycles. The van der Waals surface area contributed by atoms with Crippen molar-refractivity contribution in [1.29, 1.82) is 0 Å². The van der Waals surface area contributed by atoms with Crippen molar-refractivity contribution in [2.45, 2.75) is 33.4 Å². The maximum atomic E-state index is 13.1. The van der Waals surface area contributed by atoms with Gasteiger partial charge in [0, 0.05) is 11.4 Å². The fourth-order valence-electron chi connectivity index (χ4n) is 3.52. The molecule has 0 aliphatic carbocycles. The van der Waals surface area contributed by atoms with Crippen molar-refractivity contribution in [2.24, 2.45) is 0 Å². The second kappa shape index (κ2) is 10.5. The highest BCUT2D eigenvalue weighted by molar-refractivity contribution is 7.20. The minimum absolute atomic E-state index is 0.234. The fourth-order valence-corrected chi connectivity index (χ4v) is 4.56.